The van der Waals surface area contributed by atoms with Crippen LogP contribution in [0.1, 0.15) is 0 Å². The van der Waals surface area contributed by atoms with E-state index in [0.717, 1.165) is 61.3 Å². The number of benzene rings is 9. The first-order valence-electron chi connectivity index (χ1n) is 18.4. The predicted octanol–water partition coefficient (Wildman–Crippen LogP) is 14.9. The van der Waals surface area contributed by atoms with Crippen LogP contribution in [0.5, 0.6) is 0 Å². The average Bonchev–Trinajstić information content (AvgIpc) is 3.64. The molecule has 0 fully saturated rings. The summed E-state index contributed by atoms with van der Waals surface area (Å²) in [6, 6.07) is 75.9. The van der Waals surface area contributed by atoms with E-state index >= 15 is 0 Å². The number of hydrogen-bond acceptors (Lipinski definition) is 2. The van der Waals surface area contributed by atoms with E-state index in [4.69, 9.17) is 4.42 Å². The maximum absolute atomic E-state index is 6.42. The van der Waals surface area contributed by atoms with Gasteiger partial charge in [-0.1, -0.05) is 170 Å². The number of fused-ring (bicyclic) bond motifs is 4. The molecule has 254 valence electrons. The molecule has 10 aromatic rings. The molecule has 0 unspecified atom stereocenters. The molecule has 0 radical (unpaired) electrons. The Kier molecular flexibility index (Phi) is 7.85. The van der Waals surface area contributed by atoms with Crippen LogP contribution in [0.2, 0.25) is 0 Å². The van der Waals surface area contributed by atoms with E-state index in [1.165, 1.54) is 33.0 Å². The molecule has 0 N–H and O–H groups in total. The second-order valence-electron chi connectivity index (χ2n) is 13.7. The maximum Gasteiger partial charge on any atom is 0.143 e. The minimum atomic E-state index is 0.905. The Balaban J connectivity index is 1.10. The van der Waals surface area contributed by atoms with Gasteiger partial charge in [0.15, 0.2) is 0 Å². The fourth-order valence-electron chi connectivity index (χ4n) is 7.87. The third kappa shape index (κ3) is 5.62. The summed E-state index contributed by atoms with van der Waals surface area (Å²) in [6.45, 7) is 0. The molecule has 0 aliphatic carbocycles. The van der Waals surface area contributed by atoms with Crippen molar-refractivity contribution in [1.82, 2.24) is 0 Å². The summed E-state index contributed by atoms with van der Waals surface area (Å²) >= 11 is 0. The lowest BCUT2D eigenvalue weighted by molar-refractivity contribution is 0.670. The number of hydrogen-bond donors (Lipinski definition) is 0. The number of para-hydroxylation sites is 3. The van der Waals surface area contributed by atoms with Crippen LogP contribution in [-0.2, 0) is 0 Å². The van der Waals surface area contributed by atoms with Crippen LogP contribution in [0.25, 0.3) is 77.2 Å². The Bertz CT molecular complexity index is 2920. The summed E-state index contributed by atoms with van der Waals surface area (Å²) in [5, 5.41) is 4.76. The molecule has 0 aliphatic heterocycles. The van der Waals surface area contributed by atoms with Crippen molar-refractivity contribution in [3.05, 3.63) is 212 Å². The van der Waals surface area contributed by atoms with Crippen molar-refractivity contribution in [1.29, 1.82) is 0 Å². The molecule has 10 rings (SSSR count). The lowest BCUT2D eigenvalue weighted by Gasteiger charge is -2.28. The first-order chi connectivity index (χ1) is 26.8. The molecule has 2 nitrogen and oxygen atoms in total. The normalized spacial score (nSPS) is 11.3. The minimum Gasteiger partial charge on any atom is -0.455 e. The lowest BCUT2D eigenvalue weighted by Crippen LogP contribution is -2.11. The van der Waals surface area contributed by atoms with Crippen molar-refractivity contribution in [2.45, 2.75) is 0 Å². The highest BCUT2D eigenvalue weighted by Crippen LogP contribution is 2.43. The maximum atomic E-state index is 6.42. The smallest absolute Gasteiger partial charge is 0.143 e. The molecule has 0 saturated carbocycles. The van der Waals surface area contributed by atoms with Gasteiger partial charge >= 0.3 is 0 Å². The van der Waals surface area contributed by atoms with Crippen molar-refractivity contribution in [3.63, 3.8) is 0 Å². The number of anilines is 3. The fraction of sp³-hybridized carbons (Fsp3) is 0. The molecular formula is C52H35NO. The van der Waals surface area contributed by atoms with Crippen molar-refractivity contribution >= 4 is 49.8 Å². The third-order valence-electron chi connectivity index (χ3n) is 10.5. The SMILES string of the molecule is c1ccc(-c2ccc(N(c3ccc(-c4cccc5c4oc4ccccc45)cc3)c3ccccc3-c3cccc(-c4cccc5ccccc45)c3)cc2)cc1. The van der Waals surface area contributed by atoms with Gasteiger partial charge in [-0.2, -0.15) is 0 Å². The second-order valence-corrected chi connectivity index (χ2v) is 13.7. The average molecular weight is 690 g/mol. The first-order valence-corrected chi connectivity index (χ1v) is 18.4. The summed E-state index contributed by atoms with van der Waals surface area (Å²) < 4.78 is 6.42. The molecule has 0 saturated heterocycles. The Morgan fingerprint density at radius 3 is 1.65 bits per heavy atom. The standard InChI is InChI=1S/C52H35NO/c1-2-13-36(14-3-1)37-27-31-42(32-28-37)53(43-33-29-39(30-34-43)47-23-12-24-49-48-21-7-9-26-51(48)54-52(47)49)50-25-8-6-20-46(50)41-18-10-17-40(35-41)45-22-11-16-38-15-4-5-19-44(38)45/h1-35H. The quantitative estimate of drug-likeness (QED) is 0.166. The molecule has 2 heteroatoms. The summed E-state index contributed by atoms with van der Waals surface area (Å²) in [5.41, 5.74) is 14.4. The van der Waals surface area contributed by atoms with Gasteiger partial charge in [0, 0.05) is 33.3 Å². The van der Waals surface area contributed by atoms with Gasteiger partial charge in [0.05, 0.1) is 5.69 Å². The molecule has 0 spiro atoms. The first kappa shape index (κ1) is 31.6. The van der Waals surface area contributed by atoms with Gasteiger partial charge in [-0.15, -0.1) is 0 Å². The molecule has 54 heavy (non-hydrogen) atoms. The Morgan fingerprint density at radius 2 is 0.833 bits per heavy atom. The van der Waals surface area contributed by atoms with Crippen LogP contribution < -0.4 is 4.90 Å². The van der Waals surface area contributed by atoms with E-state index in [9.17, 15) is 0 Å². The summed E-state index contributed by atoms with van der Waals surface area (Å²) in [7, 11) is 0. The van der Waals surface area contributed by atoms with Crippen molar-refractivity contribution in [3.8, 4) is 44.5 Å². The van der Waals surface area contributed by atoms with E-state index < -0.39 is 0 Å². The van der Waals surface area contributed by atoms with E-state index in [1.807, 2.05) is 12.1 Å². The summed E-state index contributed by atoms with van der Waals surface area (Å²) in [5.74, 6) is 0. The van der Waals surface area contributed by atoms with E-state index in [1.54, 1.807) is 0 Å². The Labute approximate surface area is 314 Å². The van der Waals surface area contributed by atoms with E-state index in [-0.39, 0.29) is 0 Å². The molecule has 1 heterocycles. The molecule has 0 aliphatic rings. The molecule has 0 atom stereocenters. The summed E-state index contributed by atoms with van der Waals surface area (Å²) in [4.78, 5) is 2.38. The van der Waals surface area contributed by atoms with Gasteiger partial charge in [-0.05, 0) is 86.6 Å². The van der Waals surface area contributed by atoms with Gasteiger partial charge in [-0.3, -0.25) is 0 Å². The zero-order chi connectivity index (χ0) is 35.8. The largest absolute Gasteiger partial charge is 0.455 e. The van der Waals surface area contributed by atoms with Crippen LogP contribution >= 0.6 is 0 Å². The van der Waals surface area contributed by atoms with Crippen molar-refractivity contribution < 1.29 is 4.42 Å². The van der Waals surface area contributed by atoms with Gasteiger partial charge in [0.2, 0.25) is 0 Å². The summed E-state index contributed by atoms with van der Waals surface area (Å²) in [6.07, 6.45) is 0. The predicted molar refractivity (Wildman–Crippen MR) is 228 cm³/mol. The zero-order valence-electron chi connectivity index (χ0n) is 29.6. The monoisotopic (exact) mass is 689 g/mol. The van der Waals surface area contributed by atoms with Crippen LogP contribution in [-0.4, -0.2) is 0 Å². The van der Waals surface area contributed by atoms with Gasteiger partial charge in [-0.25, -0.2) is 0 Å². The van der Waals surface area contributed by atoms with Gasteiger partial charge < -0.3 is 9.32 Å². The molecule has 0 bridgehead atoms. The molecular weight excluding hydrogens is 655 g/mol. The molecule has 1 aromatic heterocycles. The van der Waals surface area contributed by atoms with Crippen LogP contribution in [0.15, 0.2) is 217 Å². The Hall–Kier alpha value is -7.16. The third-order valence-corrected chi connectivity index (χ3v) is 10.5. The zero-order valence-corrected chi connectivity index (χ0v) is 29.6. The number of nitrogens with zero attached hydrogens (tertiary/aromatic N) is 1. The highest BCUT2D eigenvalue weighted by atomic mass is 16.3. The van der Waals surface area contributed by atoms with Crippen molar-refractivity contribution in [2.24, 2.45) is 0 Å². The number of furan rings is 1. The van der Waals surface area contributed by atoms with Crippen LogP contribution in [0.4, 0.5) is 17.1 Å². The van der Waals surface area contributed by atoms with Crippen LogP contribution in [0.3, 0.4) is 0 Å². The lowest BCUT2D eigenvalue weighted by atomic mass is 9.94. The number of rotatable bonds is 7. The van der Waals surface area contributed by atoms with Gasteiger partial charge in [0.1, 0.15) is 11.2 Å². The van der Waals surface area contributed by atoms with Crippen LogP contribution in [0, 0.1) is 0 Å². The second kappa shape index (κ2) is 13.4. The molecule has 9 aromatic carbocycles. The fourth-order valence-corrected chi connectivity index (χ4v) is 7.87. The molecule has 0 amide bonds. The van der Waals surface area contributed by atoms with E-state index in [0.29, 0.717) is 0 Å². The van der Waals surface area contributed by atoms with Gasteiger partial charge in [0.25, 0.3) is 0 Å². The highest BCUT2D eigenvalue weighted by molar-refractivity contribution is 6.09. The minimum absolute atomic E-state index is 0.905. The van der Waals surface area contributed by atoms with E-state index in [2.05, 4.69) is 205 Å². The van der Waals surface area contributed by atoms with Crippen molar-refractivity contribution in [2.75, 3.05) is 4.90 Å². The highest BCUT2D eigenvalue weighted by Gasteiger charge is 2.19. The topological polar surface area (TPSA) is 16.4 Å². The Morgan fingerprint density at radius 1 is 0.315 bits per heavy atom.